The van der Waals surface area contributed by atoms with E-state index in [0.29, 0.717) is 18.6 Å². The molecule has 96 valence electrons. The zero-order valence-electron chi connectivity index (χ0n) is 10.6. The third kappa shape index (κ3) is 5.68. The highest BCUT2D eigenvalue weighted by Crippen LogP contribution is 2.03. The Morgan fingerprint density at radius 3 is 2.31 bits per heavy atom. The molecule has 0 aliphatic carbocycles. The van der Waals surface area contributed by atoms with Crippen molar-refractivity contribution in [1.29, 1.82) is 0 Å². The molecule has 0 radical (unpaired) electrons. The van der Waals surface area contributed by atoms with E-state index in [9.17, 15) is 4.79 Å². The van der Waals surface area contributed by atoms with E-state index in [1.54, 1.807) is 0 Å². The van der Waals surface area contributed by atoms with Crippen LogP contribution in [0.5, 0.6) is 0 Å². The van der Waals surface area contributed by atoms with Crippen molar-refractivity contribution in [3.8, 4) is 0 Å². The summed E-state index contributed by atoms with van der Waals surface area (Å²) in [7, 11) is 0. The van der Waals surface area contributed by atoms with Crippen molar-refractivity contribution < 1.29 is 4.79 Å². The van der Waals surface area contributed by atoms with E-state index in [-0.39, 0.29) is 24.4 Å². The fraction of sp³-hybridized carbons (Fsp3) is 0.909. The molecule has 1 amide bonds. The molecule has 0 aromatic heterocycles. The van der Waals surface area contributed by atoms with E-state index in [2.05, 4.69) is 29.4 Å². The van der Waals surface area contributed by atoms with Gasteiger partial charge in [0.25, 0.3) is 0 Å². The molecule has 0 spiro atoms. The number of carbonyl (C=O) groups is 1. The van der Waals surface area contributed by atoms with Crippen LogP contribution < -0.4 is 10.6 Å². The minimum absolute atomic E-state index is 0. The summed E-state index contributed by atoms with van der Waals surface area (Å²) >= 11 is 0. The van der Waals surface area contributed by atoms with Crippen molar-refractivity contribution in [1.82, 2.24) is 15.5 Å². The number of hydrogen-bond acceptors (Lipinski definition) is 3. The molecule has 1 aliphatic heterocycles. The van der Waals surface area contributed by atoms with Gasteiger partial charge >= 0.3 is 0 Å². The second-order valence-electron chi connectivity index (χ2n) is 4.89. The lowest BCUT2D eigenvalue weighted by molar-refractivity contribution is -0.123. The zero-order chi connectivity index (χ0) is 11.4. The van der Waals surface area contributed by atoms with E-state index < -0.39 is 0 Å². The van der Waals surface area contributed by atoms with Gasteiger partial charge in [0.15, 0.2) is 0 Å². The van der Waals surface area contributed by atoms with E-state index in [1.165, 1.54) is 0 Å². The van der Waals surface area contributed by atoms with Crippen LogP contribution in [0.25, 0.3) is 0 Å². The summed E-state index contributed by atoms with van der Waals surface area (Å²) < 4.78 is 0. The maximum absolute atomic E-state index is 11.6. The SMILES string of the molecule is CC(C)NC(=O)CN1CC(C)NC(C)C1.Cl. The van der Waals surface area contributed by atoms with Gasteiger partial charge < -0.3 is 10.6 Å². The summed E-state index contributed by atoms with van der Waals surface area (Å²) in [5.74, 6) is 0.131. The maximum Gasteiger partial charge on any atom is 0.234 e. The third-order valence-electron chi connectivity index (χ3n) is 2.45. The molecule has 5 heteroatoms. The number of nitrogens with zero attached hydrogens (tertiary/aromatic N) is 1. The van der Waals surface area contributed by atoms with Gasteiger partial charge in [0.1, 0.15) is 0 Å². The molecule has 0 saturated carbocycles. The lowest BCUT2D eigenvalue weighted by atomic mass is 10.1. The third-order valence-corrected chi connectivity index (χ3v) is 2.45. The molecule has 1 saturated heterocycles. The van der Waals surface area contributed by atoms with Crippen LogP contribution in [0.2, 0.25) is 0 Å². The molecule has 1 fully saturated rings. The molecular weight excluding hydrogens is 226 g/mol. The molecular formula is C11H24ClN3O. The zero-order valence-corrected chi connectivity index (χ0v) is 11.4. The topological polar surface area (TPSA) is 44.4 Å². The Balaban J connectivity index is 0.00000225. The standard InChI is InChI=1S/C11H23N3O.ClH/c1-8(2)12-11(15)7-14-5-9(3)13-10(4)6-14;/h8-10,13H,5-7H2,1-4H3,(H,12,15);1H. The Kier molecular flexibility index (Phi) is 6.95. The van der Waals surface area contributed by atoms with Gasteiger partial charge in [-0.15, -0.1) is 12.4 Å². The summed E-state index contributed by atoms with van der Waals surface area (Å²) in [6.07, 6.45) is 0. The lowest BCUT2D eigenvalue weighted by Crippen LogP contribution is -2.56. The Morgan fingerprint density at radius 2 is 1.88 bits per heavy atom. The van der Waals surface area contributed by atoms with Crippen LogP contribution >= 0.6 is 12.4 Å². The fourth-order valence-corrected chi connectivity index (χ4v) is 2.14. The van der Waals surface area contributed by atoms with Gasteiger partial charge in [-0.05, 0) is 27.7 Å². The summed E-state index contributed by atoms with van der Waals surface area (Å²) in [5, 5.41) is 6.37. The summed E-state index contributed by atoms with van der Waals surface area (Å²) in [4.78, 5) is 13.8. The van der Waals surface area contributed by atoms with Crippen LogP contribution in [0.1, 0.15) is 27.7 Å². The smallest absolute Gasteiger partial charge is 0.234 e. The van der Waals surface area contributed by atoms with Gasteiger partial charge in [-0.1, -0.05) is 0 Å². The molecule has 2 N–H and O–H groups in total. The Morgan fingerprint density at radius 1 is 1.38 bits per heavy atom. The minimum atomic E-state index is 0. The highest BCUT2D eigenvalue weighted by atomic mass is 35.5. The second kappa shape index (κ2) is 7.09. The number of rotatable bonds is 3. The molecule has 1 rings (SSSR count). The van der Waals surface area contributed by atoms with Crippen molar-refractivity contribution in [3.05, 3.63) is 0 Å². The number of carbonyl (C=O) groups excluding carboxylic acids is 1. The van der Waals surface area contributed by atoms with E-state index in [0.717, 1.165) is 13.1 Å². The van der Waals surface area contributed by atoms with Crippen molar-refractivity contribution in [2.24, 2.45) is 0 Å². The summed E-state index contributed by atoms with van der Waals surface area (Å²) in [6, 6.07) is 1.18. The highest BCUT2D eigenvalue weighted by Gasteiger charge is 2.22. The number of nitrogens with one attached hydrogen (secondary N) is 2. The second-order valence-corrected chi connectivity index (χ2v) is 4.89. The lowest BCUT2D eigenvalue weighted by Gasteiger charge is -2.35. The minimum Gasteiger partial charge on any atom is -0.353 e. The van der Waals surface area contributed by atoms with Gasteiger partial charge in [0, 0.05) is 31.2 Å². The van der Waals surface area contributed by atoms with Crippen molar-refractivity contribution in [2.75, 3.05) is 19.6 Å². The van der Waals surface area contributed by atoms with Crippen LogP contribution in [-0.4, -0.2) is 48.6 Å². The first-order valence-electron chi connectivity index (χ1n) is 5.75. The fourth-order valence-electron chi connectivity index (χ4n) is 2.14. The Bertz CT molecular complexity index is 213. The summed E-state index contributed by atoms with van der Waals surface area (Å²) in [6.45, 7) is 10.7. The summed E-state index contributed by atoms with van der Waals surface area (Å²) in [5.41, 5.74) is 0. The van der Waals surface area contributed by atoms with Crippen LogP contribution in [-0.2, 0) is 4.79 Å². The largest absolute Gasteiger partial charge is 0.353 e. The van der Waals surface area contributed by atoms with Crippen LogP contribution in [0, 0.1) is 0 Å². The number of hydrogen-bond donors (Lipinski definition) is 2. The van der Waals surface area contributed by atoms with Crippen LogP contribution in [0.3, 0.4) is 0 Å². The van der Waals surface area contributed by atoms with Gasteiger partial charge in [0.05, 0.1) is 6.54 Å². The predicted octanol–water partition coefficient (Wildman–Crippen LogP) is 0.615. The van der Waals surface area contributed by atoms with Crippen molar-refractivity contribution in [3.63, 3.8) is 0 Å². The maximum atomic E-state index is 11.6. The molecule has 2 unspecified atom stereocenters. The van der Waals surface area contributed by atoms with Crippen LogP contribution in [0.4, 0.5) is 0 Å². The number of piperazine rings is 1. The van der Waals surface area contributed by atoms with Gasteiger partial charge in [-0.3, -0.25) is 9.69 Å². The Hall–Kier alpha value is -0.320. The van der Waals surface area contributed by atoms with E-state index in [4.69, 9.17) is 0 Å². The quantitative estimate of drug-likeness (QED) is 0.771. The monoisotopic (exact) mass is 249 g/mol. The number of amides is 1. The molecule has 4 nitrogen and oxygen atoms in total. The first-order valence-corrected chi connectivity index (χ1v) is 5.75. The molecule has 16 heavy (non-hydrogen) atoms. The molecule has 0 bridgehead atoms. The molecule has 1 aliphatic rings. The van der Waals surface area contributed by atoms with Gasteiger partial charge in [-0.25, -0.2) is 0 Å². The molecule has 0 aromatic carbocycles. The van der Waals surface area contributed by atoms with E-state index in [1.807, 2.05) is 13.8 Å². The number of halogens is 1. The molecule has 2 atom stereocenters. The van der Waals surface area contributed by atoms with Crippen molar-refractivity contribution >= 4 is 18.3 Å². The first kappa shape index (κ1) is 15.7. The average Bonchev–Trinajstić information content (AvgIpc) is 1.98. The van der Waals surface area contributed by atoms with Gasteiger partial charge in [-0.2, -0.15) is 0 Å². The predicted molar refractivity (Wildman–Crippen MR) is 69.0 cm³/mol. The molecule has 1 heterocycles. The first-order chi connectivity index (χ1) is 6.97. The highest BCUT2D eigenvalue weighted by molar-refractivity contribution is 5.85. The Labute approximate surface area is 105 Å². The van der Waals surface area contributed by atoms with E-state index >= 15 is 0 Å². The van der Waals surface area contributed by atoms with Crippen LogP contribution in [0.15, 0.2) is 0 Å². The van der Waals surface area contributed by atoms with Crippen molar-refractivity contribution in [2.45, 2.75) is 45.8 Å². The van der Waals surface area contributed by atoms with Gasteiger partial charge in [0.2, 0.25) is 5.91 Å². The normalized spacial score (nSPS) is 26.3. The average molecular weight is 250 g/mol. The molecule has 0 aromatic rings.